The van der Waals surface area contributed by atoms with Gasteiger partial charge in [-0.15, -0.1) is 11.3 Å². The molecule has 2 aromatic rings. The van der Waals surface area contributed by atoms with Crippen molar-refractivity contribution in [3.63, 3.8) is 0 Å². The van der Waals surface area contributed by atoms with Crippen LogP contribution < -0.4 is 5.32 Å². The summed E-state index contributed by atoms with van der Waals surface area (Å²) >= 11 is 3.43. The minimum Gasteiger partial charge on any atom is -0.394 e. The van der Waals surface area contributed by atoms with Gasteiger partial charge in [0.05, 0.1) is 42.2 Å². The molecule has 6 nitrogen and oxygen atoms in total. The normalized spacial score (nSPS) is 16.2. The van der Waals surface area contributed by atoms with Gasteiger partial charge in [-0.1, -0.05) is 25.6 Å². The Labute approximate surface area is 162 Å². The van der Waals surface area contributed by atoms with Gasteiger partial charge in [0, 0.05) is 28.7 Å². The first-order valence-electron chi connectivity index (χ1n) is 8.95. The summed E-state index contributed by atoms with van der Waals surface area (Å²) in [6, 6.07) is 0. The van der Waals surface area contributed by atoms with Crippen LogP contribution in [0.25, 0.3) is 10.2 Å². The maximum absolute atomic E-state index is 8.80. The van der Waals surface area contributed by atoms with Crippen LogP contribution in [0.2, 0.25) is 0 Å². The zero-order chi connectivity index (χ0) is 18.7. The van der Waals surface area contributed by atoms with Crippen molar-refractivity contribution < 1.29 is 14.6 Å². The average molecular weight is 398 g/mol. The Morgan fingerprint density at radius 2 is 2.15 bits per heavy atom. The second-order valence-electron chi connectivity index (χ2n) is 7.19. The number of anilines is 1. The summed E-state index contributed by atoms with van der Waals surface area (Å²) < 4.78 is 12.5. The third kappa shape index (κ3) is 4.67. The van der Waals surface area contributed by atoms with Crippen molar-refractivity contribution in [1.29, 1.82) is 0 Å². The second kappa shape index (κ2) is 8.39. The van der Waals surface area contributed by atoms with Gasteiger partial charge in [-0.2, -0.15) is 0 Å². The molecule has 0 aromatic carbocycles. The quantitative estimate of drug-likeness (QED) is 0.401. The van der Waals surface area contributed by atoms with E-state index in [1.54, 1.807) is 23.1 Å². The molecular weight excluding hydrogens is 370 g/mol. The second-order valence-corrected chi connectivity index (χ2v) is 9.84. The Hall–Kier alpha value is -0.930. The maximum atomic E-state index is 8.80. The summed E-state index contributed by atoms with van der Waals surface area (Å²) in [5, 5.41) is 13.4. The van der Waals surface area contributed by atoms with Crippen LogP contribution in [0.15, 0.2) is 5.16 Å². The molecule has 8 heteroatoms. The van der Waals surface area contributed by atoms with E-state index in [0.717, 1.165) is 27.6 Å². The summed E-state index contributed by atoms with van der Waals surface area (Å²) in [7, 11) is 0. The molecule has 2 aromatic heterocycles. The van der Waals surface area contributed by atoms with E-state index in [-0.39, 0.29) is 12.2 Å². The van der Waals surface area contributed by atoms with Crippen molar-refractivity contribution in [3.05, 3.63) is 10.4 Å². The van der Waals surface area contributed by atoms with Gasteiger partial charge in [0.2, 0.25) is 0 Å². The van der Waals surface area contributed by atoms with Gasteiger partial charge in [0.1, 0.15) is 5.82 Å². The van der Waals surface area contributed by atoms with E-state index >= 15 is 0 Å². The molecule has 0 saturated carbocycles. The highest BCUT2D eigenvalue weighted by molar-refractivity contribution is 7.99. The lowest BCUT2D eigenvalue weighted by molar-refractivity contribution is -0.0383. The van der Waals surface area contributed by atoms with Gasteiger partial charge in [0.25, 0.3) is 0 Å². The SMILES string of the molecule is CC(C)Sc1nc(NCCOCCO)c2sc3c(c2n1)COC(C)(C)C3. The Kier molecular flexibility index (Phi) is 6.40. The van der Waals surface area contributed by atoms with Crippen molar-refractivity contribution >= 4 is 39.1 Å². The molecule has 0 atom stereocenters. The predicted octanol–water partition coefficient (Wildman–Crippen LogP) is 3.46. The Morgan fingerprint density at radius 1 is 1.35 bits per heavy atom. The first-order chi connectivity index (χ1) is 12.4. The van der Waals surface area contributed by atoms with E-state index in [2.05, 4.69) is 33.0 Å². The highest BCUT2D eigenvalue weighted by Crippen LogP contribution is 2.41. The summed E-state index contributed by atoms with van der Waals surface area (Å²) in [5.41, 5.74) is 2.08. The number of hydrogen-bond donors (Lipinski definition) is 2. The fraction of sp³-hybridized carbons (Fsp3) is 0.667. The number of aliphatic hydroxyl groups excluding tert-OH is 1. The molecule has 0 saturated heterocycles. The maximum Gasteiger partial charge on any atom is 0.190 e. The number of aromatic nitrogens is 2. The number of fused-ring (bicyclic) bond motifs is 3. The number of rotatable bonds is 8. The van der Waals surface area contributed by atoms with E-state index in [0.29, 0.717) is 31.6 Å². The molecule has 144 valence electrons. The molecule has 0 radical (unpaired) electrons. The van der Waals surface area contributed by atoms with Crippen LogP contribution in [0, 0.1) is 0 Å². The number of thiophene rings is 1. The Bertz CT molecular complexity index is 762. The molecule has 0 amide bonds. The molecule has 3 heterocycles. The molecule has 3 rings (SSSR count). The number of hydrogen-bond acceptors (Lipinski definition) is 8. The molecule has 26 heavy (non-hydrogen) atoms. The van der Waals surface area contributed by atoms with Gasteiger partial charge in [0.15, 0.2) is 5.16 Å². The number of nitrogens with zero attached hydrogens (tertiary/aromatic N) is 2. The standard InChI is InChI=1S/C18H27N3O3S2/c1-11(2)25-17-20-14-12-10-24-18(3,4)9-13(12)26-15(14)16(21-17)19-5-7-23-8-6-22/h11,22H,5-10H2,1-4H3,(H,19,20,21). The van der Waals surface area contributed by atoms with E-state index in [4.69, 9.17) is 24.5 Å². The van der Waals surface area contributed by atoms with E-state index < -0.39 is 0 Å². The summed E-state index contributed by atoms with van der Waals surface area (Å²) in [6.07, 6.45) is 0.898. The van der Waals surface area contributed by atoms with Crippen LogP contribution in [0.1, 0.15) is 38.1 Å². The zero-order valence-corrected chi connectivity index (χ0v) is 17.4. The van der Waals surface area contributed by atoms with Crippen molar-refractivity contribution in [2.45, 2.75) is 56.7 Å². The highest BCUT2D eigenvalue weighted by atomic mass is 32.2. The van der Waals surface area contributed by atoms with Gasteiger partial charge in [-0.05, 0) is 13.8 Å². The Balaban J connectivity index is 1.91. The minimum atomic E-state index is -0.136. The lowest BCUT2D eigenvalue weighted by atomic mass is 9.98. The van der Waals surface area contributed by atoms with Gasteiger partial charge < -0.3 is 19.9 Å². The topological polar surface area (TPSA) is 76.5 Å². The fourth-order valence-corrected chi connectivity index (χ4v) is 4.97. The Morgan fingerprint density at radius 3 is 2.88 bits per heavy atom. The summed E-state index contributed by atoms with van der Waals surface area (Å²) in [5.74, 6) is 0.864. The first kappa shape index (κ1) is 19.8. The van der Waals surface area contributed by atoms with Gasteiger partial charge >= 0.3 is 0 Å². The smallest absolute Gasteiger partial charge is 0.190 e. The van der Waals surface area contributed by atoms with Crippen LogP contribution >= 0.6 is 23.1 Å². The van der Waals surface area contributed by atoms with E-state index in [9.17, 15) is 0 Å². The average Bonchev–Trinajstić information content (AvgIpc) is 2.90. The van der Waals surface area contributed by atoms with E-state index in [1.807, 2.05) is 0 Å². The van der Waals surface area contributed by atoms with Crippen molar-refractivity contribution in [3.8, 4) is 0 Å². The third-order valence-corrected chi connectivity index (χ3v) is 6.09. The van der Waals surface area contributed by atoms with Crippen molar-refractivity contribution in [2.24, 2.45) is 0 Å². The van der Waals surface area contributed by atoms with Crippen LogP contribution in [0.3, 0.4) is 0 Å². The monoisotopic (exact) mass is 397 g/mol. The van der Waals surface area contributed by atoms with Gasteiger partial charge in [-0.25, -0.2) is 9.97 Å². The number of nitrogens with one attached hydrogen (secondary N) is 1. The van der Waals surface area contributed by atoms with Gasteiger partial charge in [-0.3, -0.25) is 0 Å². The molecule has 0 aliphatic carbocycles. The predicted molar refractivity (Wildman–Crippen MR) is 107 cm³/mol. The van der Waals surface area contributed by atoms with Crippen molar-refractivity contribution in [2.75, 3.05) is 31.7 Å². The molecule has 0 spiro atoms. The lowest BCUT2D eigenvalue weighted by Gasteiger charge is -2.29. The van der Waals surface area contributed by atoms with Crippen molar-refractivity contribution in [1.82, 2.24) is 9.97 Å². The number of thioether (sulfide) groups is 1. The van der Waals surface area contributed by atoms with Crippen LogP contribution in [0.4, 0.5) is 5.82 Å². The zero-order valence-electron chi connectivity index (χ0n) is 15.8. The fourth-order valence-electron chi connectivity index (χ4n) is 2.84. The van der Waals surface area contributed by atoms with E-state index in [1.165, 1.54) is 10.4 Å². The molecule has 0 fully saturated rings. The van der Waals surface area contributed by atoms with Crippen LogP contribution in [-0.4, -0.2) is 52.3 Å². The number of aliphatic hydroxyl groups is 1. The minimum absolute atomic E-state index is 0.0420. The lowest BCUT2D eigenvalue weighted by Crippen LogP contribution is -2.30. The highest BCUT2D eigenvalue weighted by Gasteiger charge is 2.30. The summed E-state index contributed by atoms with van der Waals surface area (Å²) in [6.45, 7) is 10.7. The largest absolute Gasteiger partial charge is 0.394 e. The molecule has 0 unspecified atom stereocenters. The van der Waals surface area contributed by atoms with Crippen LogP contribution in [0.5, 0.6) is 0 Å². The first-order valence-corrected chi connectivity index (χ1v) is 10.6. The van der Waals surface area contributed by atoms with Crippen LogP contribution in [-0.2, 0) is 22.5 Å². The number of ether oxygens (including phenoxy) is 2. The summed E-state index contributed by atoms with van der Waals surface area (Å²) in [4.78, 5) is 10.9. The molecule has 0 bridgehead atoms. The third-order valence-electron chi connectivity index (χ3n) is 4.00. The molecule has 1 aliphatic heterocycles. The molecular formula is C18H27N3O3S2. The molecule has 1 aliphatic rings. The molecule has 2 N–H and O–H groups in total.